The van der Waals surface area contributed by atoms with Crippen LogP contribution in [-0.2, 0) is 0 Å². The average molecular weight is 154 g/mol. The van der Waals surface area contributed by atoms with Gasteiger partial charge in [0.1, 0.15) is 0 Å². The van der Waals surface area contributed by atoms with Crippen molar-refractivity contribution in [3.8, 4) is 0 Å². The molecule has 0 aromatic carbocycles. The normalized spacial score (nSPS) is 12.7. The van der Waals surface area contributed by atoms with E-state index in [1.54, 1.807) is 0 Å². The highest BCUT2D eigenvalue weighted by molar-refractivity contribution is 4.93. The molecule has 0 aliphatic rings. The quantitative estimate of drug-likeness (QED) is 0.412. The van der Waals surface area contributed by atoms with Crippen molar-refractivity contribution in [1.29, 1.82) is 0 Å². The van der Waals surface area contributed by atoms with Crippen molar-refractivity contribution in [1.82, 2.24) is 0 Å². The lowest BCUT2D eigenvalue weighted by molar-refractivity contribution is 0.460. The van der Waals surface area contributed by atoms with Crippen molar-refractivity contribution in [2.75, 3.05) is 0 Å². The van der Waals surface area contributed by atoms with Gasteiger partial charge in [-0.1, -0.05) is 52.7 Å². The van der Waals surface area contributed by atoms with Crippen LogP contribution in [-0.4, -0.2) is 0 Å². The maximum atomic E-state index is 2.35. The maximum absolute atomic E-state index is 2.35. The number of hydrogen-bond donors (Lipinski definition) is 0. The number of allylic oxidation sites excluding steroid dienone is 2. The molecule has 0 saturated carbocycles. The fraction of sp³-hybridized carbons (Fsp3) is 0.818. The minimum Gasteiger partial charge on any atom is -0.0880 e. The van der Waals surface area contributed by atoms with Gasteiger partial charge in [-0.25, -0.2) is 0 Å². The zero-order valence-electron chi connectivity index (χ0n) is 8.48. The van der Waals surface area contributed by atoms with Crippen molar-refractivity contribution < 1.29 is 0 Å². The van der Waals surface area contributed by atoms with E-state index >= 15 is 0 Å². The molecule has 0 fully saturated rings. The summed E-state index contributed by atoms with van der Waals surface area (Å²) < 4.78 is 0. The average Bonchev–Trinajstić information content (AvgIpc) is 1.99. The number of hydrogen-bond acceptors (Lipinski definition) is 0. The molecular weight excluding hydrogens is 132 g/mol. The Hall–Kier alpha value is -0.260. The third kappa shape index (κ3) is 6.15. The summed E-state index contributed by atoms with van der Waals surface area (Å²) in [7, 11) is 0. The molecule has 0 heteroatoms. The van der Waals surface area contributed by atoms with Gasteiger partial charge in [0, 0.05) is 0 Å². The molecule has 0 spiro atoms. The van der Waals surface area contributed by atoms with Crippen molar-refractivity contribution in [2.45, 2.75) is 53.4 Å². The standard InChI is InChI=1S/C11H22/c1-5-7-8-9-10-11(3,4)6-2/h9-10H,5-8H2,1-4H3. The summed E-state index contributed by atoms with van der Waals surface area (Å²) in [6, 6.07) is 0. The molecule has 0 aliphatic carbocycles. The van der Waals surface area contributed by atoms with Gasteiger partial charge in [0.2, 0.25) is 0 Å². The first-order valence-corrected chi connectivity index (χ1v) is 4.80. The van der Waals surface area contributed by atoms with Gasteiger partial charge >= 0.3 is 0 Å². The van der Waals surface area contributed by atoms with E-state index in [1.807, 2.05) is 0 Å². The van der Waals surface area contributed by atoms with Gasteiger partial charge in [-0.05, 0) is 18.3 Å². The van der Waals surface area contributed by atoms with Crippen molar-refractivity contribution in [3.05, 3.63) is 12.2 Å². The topological polar surface area (TPSA) is 0 Å². The highest BCUT2D eigenvalue weighted by atomic mass is 14.1. The summed E-state index contributed by atoms with van der Waals surface area (Å²) in [6.45, 7) is 9.05. The molecule has 11 heavy (non-hydrogen) atoms. The molecular formula is C11H22. The summed E-state index contributed by atoms with van der Waals surface area (Å²) in [5.41, 5.74) is 0.410. The third-order valence-corrected chi connectivity index (χ3v) is 2.20. The molecule has 0 bridgehead atoms. The van der Waals surface area contributed by atoms with Crippen LogP contribution in [0.5, 0.6) is 0 Å². The molecule has 66 valence electrons. The van der Waals surface area contributed by atoms with E-state index in [0.717, 1.165) is 0 Å². The largest absolute Gasteiger partial charge is 0.0880 e. The predicted octanol–water partition coefficient (Wildman–Crippen LogP) is 4.17. The lowest BCUT2D eigenvalue weighted by atomic mass is 9.89. The van der Waals surface area contributed by atoms with E-state index in [9.17, 15) is 0 Å². The van der Waals surface area contributed by atoms with Crippen molar-refractivity contribution in [3.63, 3.8) is 0 Å². The van der Waals surface area contributed by atoms with Crippen LogP contribution in [0.25, 0.3) is 0 Å². The summed E-state index contributed by atoms with van der Waals surface area (Å²) in [5.74, 6) is 0. The van der Waals surface area contributed by atoms with Crippen molar-refractivity contribution in [2.24, 2.45) is 5.41 Å². The van der Waals surface area contributed by atoms with Crippen LogP contribution < -0.4 is 0 Å². The second-order valence-electron chi connectivity index (χ2n) is 3.89. The highest BCUT2D eigenvalue weighted by Gasteiger charge is 2.08. The first kappa shape index (κ1) is 10.7. The fourth-order valence-corrected chi connectivity index (χ4v) is 0.842. The van der Waals surface area contributed by atoms with E-state index in [2.05, 4.69) is 39.8 Å². The first-order valence-electron chi connectivity index (χ1n) is 4.80. The van der Waals surface area contributed by atoms with Crippen LogP contribution in [0.15, 0.2) is 12.2 Å². The second kappa shape index (κ2) is 5.40. The van der Waals surface area contributed by atoms with E-state index in [-0.39, 0.29) is 0 Å². The smallest absolute Gasteiger partial charge is 0.0177 e. The SMILES string of the molecule is CCCCC=CC(C)(C)CC. The van der Waals surface area contributed by atoms with Gasteiger partial charge in [0.25, 0.3) is 0 Å². The monoisotopic (exact) mass is 154 g/mol. The van der Waals surface area contributed by atoms with Crippen molar-refractivity contribution >= 4 is 0 Å². The van der Waals surface area contributed by atoms with Gasteiger partial charge in [-0.3, -0.25) is 0 Å². The van der Waals surface area contributed by atoms with Crippen LogP contribution in [0, 0.1) is 5.41 Å². The van der Waals surface area contributed by atoms with E-state index in [4.69, 9.17) is 0 Å². The van der Waals surface area contributed by atoms with E-state index in [0.29, 0.717) is 5.41 Å². The third-order valence-electron chi connectivity index (χ3n) is 2.20. The van der Waals surface area contributed by atoms with Crippen LogP contribution in [0.2, 0.25) is 0 Å². The Morgan fingerprint density at radius 1 is 1.18 bits per heavy atom. The van der Waals surface area contributed by atoms with Gasteiger partial charge in [0.05, 0.1) is 0 Å². The molecule has 0 unspecified atom stereocenters. The summed E-state index contributed by atoms with van der Waals surface area (Å²) in [4.78, 5) is 0. The molecule has 0 aliphatic heterocycles. The zero-order valence-corrected chi connectivity index (χ0v) is 8.48. The first-order chi connectivity index (χ1) is 5.12. The fourth-order valence-electron chi connectivity index (χ4n) is 0.842. The Kier molecular flexibility index (Phi) is 5.27. The lowest BCUT2D eigenvalue weighted by Gasteiger charge is -2.16. The molecule has 0 saturated heterocycles. The molecule has 0 nitrogen and oxygen atoms in total. The van der Waals surface area contributed by atoms with Gasteiger partial charge < -0.3 is 0 Å². The zero-order chi connectivity index (χ0) is 8.74. The summed E-state index contributed by atoms with van der Waals surface area (Å²) in [6.07, 6.45) is 9.79. The van der Waals surface area contributed by atoms with Crippen LogP contribution in [0.1, 0.15) is 53.4 Å². The molecule has 0 radical (unpaired) electrons. The van der Waals surface area contributed by atoms with Gasteiger partial charge in [-0.2, -0.15) is 0 Å². The Bertz CT molecular complexity index is 109. The minimum atomic E-state index is 0.410. The molecule has 0 heterocycles. The summed E-state index contributed by atoms with van der Waals surface area (Å²) in [5, 5.41) is 0. The Labute approximate surface area is 71.7 Å². The molecule has 0 aromatic rings. The second-order valence-corrected chi connectivity index (χ2v) is 3.89. The van der Waals surface area contributed by atoms with Crippen LogP contribution >= 0.6 is 0 Å². The Balaban J connectivity index is 3.55. The minimum absolute atomic E-state index is 0.410. The van der Waals surface area contributed by atoms with E-state index in [1.165, 1.54) is 25.7 Å². The number of rotatable bonds is 5. The number of unbranched alkanes of at least 4 members (excludes halogenated alkanes) is 2. The summed E-state index contributed by atoms with van der Waals surface area (Å²) >= 11 is 0. The van der Waals surface area contributed by atoms with Gasteiger partial charge in [-0.15, -0.1) is 0 Å². The van der Waals surface area contributed by atoms with E-state index < -0.39 is 0 Å². The molecule has 0 atom stereocenters. The molecule has 0 aromatic heterocycles. The Morgan fingerprint density at radius 3 is 2.27 bits per heavy atom. The maximum Gasteiger partial charge on any atom is -0.0177 e. The lowest BCUT2D eigenvalue weighted by Crippen LogP contribution is -2.03. The molecule has 0 N–H and O–H groups in total. The molecule has 0 amide bonds. The van der Waals surface area contributed by atoms with Crippen LogP contribution in [0.3, 0.4) is 0 Å². The predicted molar refractivity (Wildman–Crippen MR) is 52.7 cm³/mol. The van der Waals surface area contributed by atoms with Crippen LogP contribution in [0.4, 0.5) is 0 Å². The molecule has 0 rings (SSSR count). The Morgan fingerprint density at radius 2 is 1.82 bits per heavy atom. The van der Waals surface area contributed by atoms with Gasteiger partial charge in [0.15, 0.2) is 0 Å². The highest BCUT2D eigenvalue weighted by Crippen LogP contribution is 2.21.